The zero-order valence-corrected chi connectivity index (χ0v) is 7.31. The molecule has 1 aliphatic rings. The normalized spacial score (nSPS) is 17.3. The molecule has 0 aromatic heterocycles. The fraction of sp³-hybridized carbons (Fsp3) is 0.500. The summed E-state index contributed by atoms with van der Waals surface area (Å²) in [7, 11) is 0. The van der Waals surface area contributed by atoms with E-state index in [1.54, 1.807) is 11.2 Å². The van der Waals surface area contributed by atoms with E-state index >= 15 is 0 Å². The van der Waals surface area contributed by atoms with Gasteiger partial charge in [0.25, 0.3) is 0 Å². The van der Waals surface area contributed by atoms with Crippen LogP contribution in [0.4, 0.5) is 13.2 Å². The number of halogens is 3. The molecule has 82 valence electrons. The first-order valence-electron chi connectivity index (χ1n) is 3.91. The van der Waals surface area contributed by atoms with E-state index < -0.39 is 23.6 Å². The van der Waals surface area contributed by atoms with Crippen LogP contribution in [0, 0.1) is 11.8 Å². The molecule has 0 spiro atoms. The molecule has 0 aliphatic heterocycles. The van der Waals surface area contributed by atoms with Crippen LogP contribution >= 0.6 is 0 Å². The predicted molar refractivity (Wildman–Crippen MR) is 41.6 cm³/mol. The Balaban J connectivity index is 2.64. The maximum absolute atomic E-state index is 11.8. The standard InChI is InChI=1S/C8H6F3NO3/c9-8(10,11)6(15)12-7(3-4-7)2-1-5(13)14/h3-4H2,(H,12,15)(H,13,14). The Morgan fingerprint density at radius 1 is 1.33 bits per heavy atom. The second-order valence-corrected chi connectivity index (χ2v) is 3.09. The lowest BCUT2D eigenvalue weighted by atomic mass is 10.2. The number of nitrogens with one attached hydrogen (secondary N) is 1. The summed E-state index contributed by atoms with van der Waals surface area (Å²) in [6.45, 7) is 0. The van der Waals surface area contributed by atoms with Gasteiger partial charge in [-0.3, -0.25) is 4.79 Å². The zero-order chi connectivity index (χ0) is 11.7. The van der Waals surface area contributed by atoms with Crippen molar-refractivity contribution in [2.75, 3.05) is 0 Å². The van der Waals surface area contributed by atoms with E-state index in [-0.39, 0.29) is 12.8 Å². The van der Waals surface area contributed by atoms with Crippen LogP contribution in [0.2, 0.25) is 0 Å². The number of aliphatic carboxylic acids is 1. The van der Waals surface area contributed by atoms with Crippen molar-refractivity contribution in [2.24, 2.45) is 0 Å². The van der Waals surface area contributed by atoms with E-state index in [2.05, 4.69) is 5.92 Å². The van der Waals surface area contributed by atoms with Crippen LogP contribution in [0.25, 0.3) is 0 Å². The van der Waals surface area contributed by atoms with Crippen molar-refractivity contribution in [3.8, 4) is 11.8 Å². The highest BCUT2D eigenvalue weighted by Crippen LogP contribution is 2.35. The average Bonchev–Trinajstić information content (AvgIpc) is 2.80. The Hall–Kier alpha value is -1.71. The fourth-order valence-corrected chi connectivity index (χ4v) is 0.868. The van der Waals surface area contributed by atoms with Crippen molar-refractivity contribution in [3.63, 3.8) is 0 Å². The third kappa shape index (κ3) is 3.16. The quantitative estimate of drug-likeness (QED) is 0.625. The smallest absolute Gasteiger partial charge is 0.471 e. The average molecular weight is 221 g/mol. The second-order valence-electron chi connectivity index (χ2n) is 3.09. The number of carbonyl (C=O) groups is 2. The number of hydrogen-bond acceptors (Lipinski definition) is 2. The van der Waals surface area contributed by atoms with E-state index in [9.17, 15) is 22.8 Å². The Bertz CT molecular complexity index is 360. The van der Waals surface area contributed by atoms with E-state index in [4.69, 9.17) is 5.11 Å². The van der Waals surface area contributed by atoms with E-state index in [1.165, 1.54) is 0 Å². The third-order valence-electron chi connectivity index (χ3n) is 1.77. The molecule has 1 amide bonds. The summed E-state index contributed by atoms with van der Waals surface area (Å²) in [5, 5.41) is 9.85. The highest BCUT2D eigenvalue weighted by Gasteiger charge is 2.49. The molecule has 0 aromatic carbocycles. The number of alkyl halides is 3. The van der Waals surface area contributed by atoms with Crippen LogP contribution in [-0.4, -0.2) is 28.7 Å². The minimum absolute atomic E-state index is 0.231. The molecule has 0 bridgehead atoms. The first kappa shape index (κ1) is 11.4. The molecule has 1 aliphatic carbocycles. The lowest BCUT2D eigenvalue weighted by Crippen LogP contribution is -2.44. The van der Waals surface area contributed by atoms with Crippen LogP contribution in [0.3, 0.4) is 0 Å². The molecule has 0 saturated heterocycles. The lowest BCUT2D eigenvalue weighted by Gasteiger charge is -2.12. The maximum Gasteiger partial charge on any atom is 0.471 e. The molecule has 0 aromatic rings. The number of hydrogen-bond donors (Lipinski definition) is 2. The molecule has 2 N–H and O–H groups in total. The van der Waals surface area contributed by atoms with Crippen LogP contribution in [0.5, 0.6) is 0 Å². The Morgan fingerprint density at radius 3 is 2.20 bits per heavy atom. The molecule has 0 heterocycles. The van der Waals surface area contributed by atoms with Crippen LogP contribution in [0.15, 0.2) is 0 Å². The molecular formula is C8H6F3NO3. The van der Waals surface area contributed by atoms with Gasteiger partial charge in [-0.25, -0.2) is 4.79 Å². The van der Waals surface area contributed by atoms with Gasteiger partial charge in [-0.2, -0.15) is 13.2 Å². The van der Waals surface area contributed by atoms with Crippen molar-refractivity contribution >= 4 is 11.9 Å². The molecule has 7 heteroatoms. The van der Waals surface area contributed by atoms with Crippen molar-refractivity contribution in [1.29, 1.82) is 0 Å². The summed E-state index contributed by atoms with van der Waals surface area (Å²) in [6.07, 6.45) is -4.51. The van der Waals surface area contributed by atoms with Gasteiger partial charge in [-0.05, 0) is 12.8 Å². The first-order valence-corrected chi connectivity index (χ1v) is 3.91. The molecule has 0 radical (unpaired) electrons. The number of carboxylic acid groups (broad SMARTS) is 1. The Kier molecular flexibility index (Phi) is 2.62. The Morgan fingerprint density at radius 2 is 1.87 bits per heavy atom. The highest BCUT2D eigenvalue weighted by atomic mass is 19.4. The summed E-state index contributed by atoms with van der Waals surface area (Å²) in [5.74, 6) is 0.241. The maximum atomic E-state index is 11.8. The molecule has 1 saturated carbocycles. The molecule has 15 heavy (non-hydrogen) atoms. The van der Waals surface area contributed by atoms with Crippen LogP contribution in [0.1, 0.15) is 12.8 Å². The van der Waals surface area contributed by atoms with Gasteiger partial charge in [0.1, 0.15) is 5.54 Å². The van der Waals surface area contributed by atoms with Crippen molar-refractivity contribution < 1.29 is 27.9 Å². The monoisotopic (exact) mass is 221 g/mol. The summed E-state index contributed by atoms with van der Waals surface area (Å²) in [6, 6.07) is 0. The lowest BCUT2D eigenvalue weighted by molar-refractivity contribution is -0.174. The van der Waals surface area contributed by atoms with Crippen LogP contribution in [-0.2, 0) is 9.59 Å². The Labute approximate surface area is 82.5 Å². The summed E-state index contributed by atoms with van der Waals surface area (Å²) < 4.78 is 35.5. The number of rotatable bonds is 1. The number of carboxylic acids is 1. The van der Waals surface area contributed by atoms with Gasteiger partial charge in [0.2, 0.25) is 0 Å². The van der Waals surface area contributed by atoms with Crippen molar-refractivity contribution in [3.05, 3.63) is 0 Å². The zero-order valence-electron chi connectivity index (χ0n) is 7.31. The SMILES string of the molecule is O=C(O)C#CC1(NC(=O)C(F)(F)F)CC1. The topological polar surface area (TPSA) is 66.4 Å². The predicted octanol–water partition coefficient (Wildman–Crippen LogP) is 0.286. The van der Waals surface area contributed by atoms with Gasteiger partial charge in [0.05, 0.1) is 0 Å². The molecule has 4 nitrogen and oxygen atoms in total. The molecule has 1 fully saturated rings. The number of amides is 1. The first-order chi connectivity index (χ1) is 6.75. The third-order valence-corrected chi connectivity index (χ3v) is 1.77. The van der Waals surface area contributed by atoms with E-state index in [0.29, 0.717) is 0 Å². The summed E-state index contributed by atoms with van der Waals surface area (Å²) >= 11 is 0. The summed E-state index contributed by atoms with van der Waals surface area (Å²) in [4.78, 5) is 20.6. The van der Waals surface area contributed by atoms with Gasteiger partial charge < -0.3 is 10.4 Å². The minimum Gasteiger partial charge on any atom is -0.472 e. The second kappa shape index (κ2) is 3.46. The minimum atomic E-state index is -4.97. The number of carbonyl (C=O) groups excluding carboxylic acids is 1. The molecule has 1 rings (SSSR count). The summed E-state index contributed by atoms with van der Waals surface area (Å²) in [5.41, 5.74) is -1.30. The van der Waals surface area contributed by atoms with Gasteiger partial charge >= 0.3 is 18.1 Å². The van der Waals surface area contributed by atoms with Crippen molar-refractivity contribution in [1.82, 2.24) is 5.32 Å². The molecule has 0 unspecified atom stereocenters. The van der Waals surface area contributed by atoms with Gasteiger partial charge in [-0.15, -0.1) is 0 Å². The van der Waals surface area contributed by atoms with Crippen molar-refractivity contribution in [2.45, 2.75) is 24.6 Å². The molecule has 0 atom stereocenters. The highest BCUT2D eigenvalue weighted by molar-refractivity contribution is 5.88. The van der Waals surface area contributed by atoms with Crippen LogP contribution < -0.4 is 5.32 Å². The molecular weight excluding hydrogens is 215 g/mol. The van der Waals surface area contributed by atoms with E-state index in [1.807, 2.05) is 0 Å². The van der Waals surface area contributed by atoms with Gasteiger partial charge in [0.15, 0.2) is 0 Å². The van der Waals surface area contributed by atoms with E-state index in [0.717, 1.165) is 0 Å². The fourth-order valence-electron chi connectivity index (χ4n) is 0.868. The van der Waals surface area contributed by atoms with Gasteiger partial charge in [-0.1, -0.05) is 5.92 Å². The van der Waals surface area contributed by atoms with Gasteiger partial charge in [0, 0.05) is 5.92 Å². The largest absolute Gasteiger partial charge is 0.472 e.